The van der Waals surface area contributed by atoms with Crippen LogP contribution in [0.2, 0.25) is 0 Å². The number of amidine groups is 1. The summed E-state index contributed by atoms with van der Waals surface area (Å²) in [4.78, 5) is 4.26. The van der Waals surface area contributed by atoms with Gasteiger partial charge in [0.05, 0.1) is 0 Å². The lowest BCUT2D eigenvalue weighted by Crippen LogP contribution is -2.12. The Bertz CT molecular complexity index is 583. The molecule has 3 N–H and O–H groups in total. The van der Waals surface area contributed by atoms with E-state index in [1.807, 2.05) is 6.07 Å². The highest BCUT2D eigenvalue weighted by Crippen LogP contribution is 2.17. The summed E-state index contributed by atoms with van der Waals surface area (Å²) >= 11 is 5.61. The number of rotatable bonds is 5. The number of hydrogen-bond acceptors (Lipinski definition) is 5. The van der Waals surface area contributed by atoms with E-state index in [9.17, 15) is 0 Å². The number of halogens is 1. The molecule has 0 aliphatic carbocycles. The van der Waals surface area contributed by atoms with Gasteiger partial charge in [-0.25, -0.2) is 0 Å². The zero-order valence-electron chi connectivity index (χ0n) is 10.1. The van der Waals surface area contributed by atoms with E-state index in [-0.39, 0.29) is 5.84 Å². The van der Waals surface area contributed by atoms with E-state index in [1.165, 1.54) is 0 Å². The van der Waals surface area contributed by atoms with Crippen LogP contribution in [0.4, 0.5) is 0 Å². The molecule has 0 aliphatic rings. The minimum absolute atomic E-state index is 0.0349. The van der Waals surface area contributed by atoms with E-state index in [2.05, 4.69) is 15.3 Å². The molecular weight excluding hydrogens is 268 g/mol. The van der Waals surface area contributed by atoms with Crippen molar-refractivity contribution in [3.05, 3.63) is 35.7 Å². The van der Waals surface area contributed by atoms with E-state index in [0.29, 0.717) is 29.6 Å². The first kappa shape index (κ1) is 13.4. The molecule has 6 nitrogen and oxygen atoms in total. The standard InChI is InChI=1S/C12H13ClN4O2/c13-6-2-5-10-15-12(17-19-10)9-4-1-3-8(7-9)11(14)16-18/h1,3-4,7,18H,2,5-6H2,(H2,14,16). The molecule has 19 heavy (non-hydrogen) atoms. The predicted molar refractivity (Wildman–Crippen MR) is 71.3 cm³/mol. The van der Waals surface area contributed by atoms with Crippen LogP contribution in [-0.4, -0.2) is 27.1 Å². The highest BCUT2D eigenvalue weighted by atomic mass is 35.5. The van der Waals surface area contributed by atoms with Crippen molar-refractivity contribution in [1.82, 2.24) is 10.1 Å². The summed E-state index contributed by atoms with van der Waals surface area (Å²) in [7, 11) is 0. The number of benzene rings is 1. The average Bonchev–Trinajstić information content (AvgIpc) is 2.93. The first-order valence-corrected chi connectivity index (χ1v) is 6.25. The monoisotopic (exact) mass is 280 g/mol. The Hall–Kier alpha value is -2.08. The average molecular weight is 281 g/mol. The summed E-state index contributed by atoms with van der Waals surface area (Å²) in [6.07, 6.45) is 1.43. The third-order valence-electron chi connectivity index (χ3n) is 2.52. The molecule has 0 bridgehead atoms. The van der Waals surface area contributed by atoms with E-state index in [1.54, 1.807) is 18.2 Å². The van der Waals surface area contributed by atoms with Crippen molar-refractivity contribution in [2.24, 2.45) is 10.9 Å². The fraction of sp³-hybridized carbons (Fsp3) is 0.250. The number of oxime groups is 1. The molecule has 1 aromatic carbocycles. The molecule has 0 atom stereocenters. The van der Waals surface area contributed by atoms with Gasteiger partial charge >= 0.3 is 0 Å². The fourth-order valence-corrected chi connectivity index (χ4v) is 1.70. The van der Waals surface area contributed by atoms with Gasteiger partial charge in [-0.2, -0.15) is 4.98 Å². The zero-order valence-corrected chi connectivity index (χ0v) is 10.8. The van der Waals surface area contributed by atoms with Crippen LogP contribution < -0.4 is 5.73 Å². The first-order valence-electron chi connectivity index (χ1n) is 5.71. The van der Waals surface area contributed by atoms with Gasteiger partial charge < -0.3 is 15.5 Å². The molecule has 0 radical (unpaired) electrons. The van der Waals surface area contributed by atoms with Crippen LogP contribution in [0.15, 0.2) is 33.9 Å². The zero-order chi connectivity index (χ0) is 13.7. The number of hydrogen-bond donors (Lipinski definition) is 2. The van der Waals surface area contributed by atoms with Gasteiger partial charge in [0.2, 0.25) is 11.7 Å². The van der Waals surface area contributed by atoms with Gasteiger partial charge in [0, 0.05) is 23.4 Å². The molecule has 0 aliphatic heterocycles. The lowest BCUT2D eigenvalue weighted by atomic mass is 10.1. The quantitative estimate of drug-likeness (QED) is 0.287. The third kappa shape index (κ3) is 3.23. The number of aromatic nitrogens is 2. The van der Waals surface area contributed by atoms with Crippen LogP contribution in [0.3, 0.4) is 0 Å². The molecule has 0 saturated heterocycles. The van der Waals surface area contributed by atoms with Crippen molar-refractivity contribution >= 4 is 17.4 Å². The Morgan fingerprint density at radius 1 is 1.47 bits per heavy atom. The molecule has 1 heterocycles. The van der Waals surface area contributed by atoms with Gasteiger partial charge in [-0.1, -0.05) is 28.5 Å². The maximum atomic E-state index is 8.65. The number of nitrogens with zero attached hydrogens (tertiary/aromatic N) is 3. The highest BCUT2D eigenvalue weighted by molar-refractivity contribution is 6.17. The smallest absolute Gasteiger partial charge is 0.227 e. The molecule has 0 unspecified atom stereocenters. The summed E-state index contributed by atoms with van der Waals surface area (Å²) in [5, 5.41) is 15.5. The molecule has 0 spiro atoms. The Labute approximate surface area is 114 Å². The van der Waals surface area contributed by atoms with Crippen LogP contribution in [0.1, 0.15) is 17.9 Å². The molecule has 2 rings (SSSR count). The van der Waals surface area contributed by atoms with Crippen molar-refractivity contribution in [2.45, 2.75) is 12.8 Å². The number of nitrogens with two attached hydrogens (primary N) is 1. The van der Waals surface area contributed by atoms with Crippen LogP contribution in [0.25, 0.3) is 11.4 Å². The van der Waals surface area contributed by atoms with Crippen molar-refractivity contribution in [1.29, 1.82) is 0 Å². The van der Waals surface area contributed by atoms with Crippen LogP contribution in [0, 0.1) is 0 Å². The maximum absolute atomic E-state index is 8.65. The van der Waals surface area contributed by atoms with Gasteiger partial charge in [-0.05, 0) is 12.5 Å². The van der Waals surface area contributed by atoms with Crippen LogP contribution in [-0.2, 0) is 6.42 Å². The lowest BCUT2D eigenvalue weighted by Gasteiger charge is -1.99. The number of alkyl halides is 1. The second kappa shape index (κ2) is 6.19. The van der Waals surface area contributed by atoms with E-state index < -0.39 is 0 Å². The van der Waals surface area contributed by atoms with Gasteiger partial charge in [-0.3, -0.25) is 0 Å². The highest BCUT2D eigenvalue weighted by Gasteiger charge is 2.09. The van der Waals surface area contributed by atoms with E-state index in [4.69, 9.17) is 27.1 Å². The molecule has 100 valence electrons. The van der Waals surface area contributed by atoms with Crippen molar-refractivity contribution < 1.29 is 9.73 Å². The van der Waals surface area contributed by atoms with Crippen LogP contribution in [0.5, 0.6) is 0 Å². The van der Waals surface area contributed by atoms with E-state index >= 15 is 0 Å². The third-order valence-corrected chi connectivity index (χ3v) is 2.78. The summed E-state index contributed by atoms with van der Waals surface area (Å²) in [6, 6.07) is 7.06. The largest absolute Gasteiger partial charge is 0.409 e. The normalized spacial score (nSPS) is 11.7. The first-order chi connectivity index (χ1) is 9.24. The predicted octanol–water partition coefficient (Wildman–Crippen LogP) is 2.00. The molecule has 1 aromatic heterocycles. The van der Waals surface area contributed by atoms with Crippen LogP contribution >= 0.6 is 11.6 Å². The minimum Gasteiger partial charge on any atom is -0.409 e. The molecular formula is C12H13ClN4O2. The van der Waals surface area contributed by atoms with Crippen molar-refractivity contribution in [2.75, 3.05) is 5.88 Å². The van der Waals surface area contributed by atoms with Gasteiger partial charge in [-0.15, -0.1) is 11.6 Å². The molecule has 0 fully saturated rings. The summed E-state index contributed by atoms with van der Waals surface area (Å²) in [5.41, 5.74) is 6.86. The molecule has 2 aromatic rings. The lowest BCUT2D eigenvalue weighted by molar-refractivity contribution is 0.318. The summed E-state index contributed by atoms with van der Waals surface area (Å²) in [6.45, 7) is 0. The Morgan fingerprint density at radius 2 is 2.32 bits per heavy atom. The Morgan fingerprint density at radius 3 is 3.05 bits per heavy atom. The molecule has 0 saturated carbocycles. The fourth-order valence-electron chi connectivity index (χ4n) is 1.57. The second-order valence-electron chi connectivity index (χ2n) is 3.87. The van der Waals surface area contributed by atoms with Crippen molar-refractivity contribution in [3.63, 3.8) is 0 Å². The Balaban J connectivity index is 2.24. The summed E-state index contributed by atoms with van der Waals surface area (Å²) in [5.74, 6) is 1.60. The SMILES string of the molecule is N/C(=N/O)c1cccc(-c2noc(CCCCl)n2)c1. The minimum atomic E-state index is 0.0349. The van der Waals surface area contributed by atoms with E-state index in [0.717, 1.165) is 12.0 Å². The second-order valence-corrected chi connectivity index (χ2v) is 4.25. The topological polar surface area (TPSA) is 97.5 Å². The Kier molecular flexibility index (Phi) is 4.35. The van der Waals surface area contributed by atoms with Gasteiger partial charge in [0.1, 0.15) is 0 Å². The van der Waals surface area contributed by atoms with Gasteiger partial charge in [0.15, 0.2) is 5.84 Å². The van der Waals surface area contributed by atoms with Gasteiger partial charge in [0.25, 0.3) is 0 Å². The number of aryl methyl sites for hydroxylation is 1. The molecule has 0 amide bonds. The summed E-state index contributed by atoms with van der Waals surface area (Å²) < 4.78 is 5.12. The van der Waals surface area contributed by atoms with Crippen molar-refractivity contribution in [3.8, 4) is 11.4 Å². The maximum Gasteiger partial charge on any atom is 0.227 e. The molecule has 7 heteroatoms.